The van der Waals surface area contributed by atoms with Crippen LogP contribution >= 0.6 is 11.6 Å². The molecule has 0 bridgehead atoms. The van der Waals surface area contributed by atoms with E-state index in [1.165, 1.54) is 6.07 Å². The first-order valence-electron chi connectivity index (χ1n) is 8.61. The predicted molar refractivity (Wildman–Crippen MR) is 108 cm³/mol. The van der Waals surface area contributed by atoms with E-state index in [2.05, 4.69) is 10.4 Å². The number of aryl methyl sites for hydroxylation is 2. The molecule has 28 heavy (non-hydrogen) atoms. The molecule has 3 aromatic rings. The van der Waals surface area contributed by atoms with Crippen molar-refractivity contribution in [3.63, 3.8) is 0 Å². The summed E-state index contributed by atoms with van der Waals surface area (Å²) < 4.78 is 1.73. The number of hydrogen-bond donors (Lipinski definition) is 1. The smallest absolute Gasteiger partial charge is 0.274 e. The molecule has 0 fully saturated rings. The molecule has 8 heteroatoms. The van der Waals surface area contributed by atoms with Crippen molar-refractivity contribution in [2.24, 2.45) is 0 Å². The largest absolute Gasteiger partial charge is 0.322 e. The Balaban J connectivity index is 1.87. The average molecular weight is 399 g/mol. The molecule has 1 heterocycles. The highest BCUT2D eigenvalue weighted by atomic mass is 35.5. The molecule has 0 saturated heterocycles. The van der Waals surface area contributed by atoms with Gasteiger partial charge in [0.05, 0.1) is 22.7 Å². The lowest BCUT2D eigenvalue weighted by atomic mass is 10.1. The van der Waals surface area contributed by atoms with Crippen LogP contribution in [0.1, 0.15) is 32.9 Å². The van der Waals surface area contributed by atoms with E-state index < -0.39 is 4.92 Å². The molecule has 2 aromatic carbocycles. The van der Waals surface area contributed by atoms with Gasteiger partial charge < -0.3 is 5.32 Å². The third-order valence-corrected chi connectivity index (χ3v) is 4.92. The van der Waals surface area contributed by atoms with Gasteiger partial charge >= 0.3 is 0 Å². The van der Waals surface area contributed by atoms with Crippen molar-refractivity contribution in [3.8, 4) is 0 Å². The summed E-state index contributed by atoms with van der Waals surface area (Å²) in [6, 6.07) is 12.1. The van der Waals surface area contributed by atoms with E-state index in [-0.39, 0.29) is 11.6 Å². The van der Waals surface area contributed by atoms with Gasteiger partial charge in [0.15, 0.2) is 0 Å². The molecular weight excluding hydrogens is 380 g/mol. The second-order valence-corrected chi connectivity index (χ2v) is 6.91. The highest BCUT2D eigenvalue weighted by Gasteiger charge is 2.20. The third kappa shape index (κ3) is 3.89. The van der Waals surface area contributed by atoms with Crippen molar-refractivity contribution in [3.05, 3.63) is 85.7 Å². The molecule has 1 aromatic heterocycles. The average Bonchev–Trinajstić information content (AvgIpc) is 2.92. The molecular formula is C20H19ClN4O3. The van der Waals surface area contributed by atoms with Crippen LogP contribution in [-0.4, -0.2) is 20.6 Å². The molecule has 1 N–H and O–H groups in total. The lowest BCUT2D eigenvalue weighted by molar-refractivity contribution is -0.385. The first-order valence-corrected chi connectivity index (χ1v) is 8.99. The number of anilines is 1. The number of nitro groups is 1. The van der Waals surface area contributed by atoms with E-state index in [9.17, 15) is 14.9 Å². The molecule has 0 radical (unpaired) electrons. The van der Waals surface area contributed by atoms with Crippen LogP contribution in [0.3, 0.4) is 0 Å². The van der Waals surface area contributed by atoms with Crippen molar-refractivity contribution in [2.75, 3.05) is 5.32 Å². The Morgan fingerprint density at radius 3 is 2.61 bits per heavy atom. The molecule has 0 atom stereocenters. The first-order chi connectivity index (χ1) is 13.3. The summed E-state index contributed by atoms with van der Waals surface area (Å²) in [5.74, 6) is -0.362. The van der Waals surface area contributed by atoms with Gasteiger partial charge in [0.1, 0.15) is 0 Å². The summed E-state index contributed by atoms with van der Waals surface area (Å²) >= 11 is 6.22. The summed E-state index contributed by atoms with van der Waals surface area (Å²) in [4.78, 5) is 23.4. The van der Waals surface area contributed by atoms with E-state index in [0.29, 0.717) is 39.8 Å². The summed E-state index contributed by atoms with van der Waals surface area (Å²) in [7, 11) is 0. The Morgan fingerprint density at radius 1 is 1.21 bits per heavy atom. The zero-order chi connectivity index (χ0) is 20.4. The number of nitrogens with one attached hydrogen (secondary N) is 1. The van der Waals surface area contributed by atoms with E-state index in [0.717, 1.165) is 5.56 Å². The predicted octanol–water partition coefficient (Wildman–Crippen LogP) is 4.67. The second-order valence-electron chi connectivity index (χ2n) is 6.51. The lowest BCUT2D eigenvalue weighted by Gasteiger charge is -2.08. The summed E-state index contributed by atoms with van der Waals surface area (Å²) in [5.41, 5.74) is 3.45. The Morgan fingerprint density at radius 2 is 1.93 bits per heavy atom. The Bertz CT molecular complexity index is 1080. The highest BCUT2D eigenvalue weighted by molar-refractivity contribution is 6.31. The first kappa shape index (κ1) is 19.6. The molecule has 0 unspecified atom stereocenters. The monoisotopic (exact) mass is 398 g/mol. The van der Waals surface area contributed by atoms with Crippen LogP contribution in [0.2, 0.25) is 5.02 Å². The Labute approximate surface area is 167 Å². The number of rotatable bonds is 5. The van der Waals surface area contributed by atoms with Gasteiger partial charge in [0.25, 0.3) is 11.6 Å². The number of benzene rings is 2. The highest BCUT2D eigenvalue weighted by Crippen LogP contribution is 2.24. The van der Waals surface area contributed by atoms with Gasteiger partial charge in [-0.15, -0.1) is 0 Å². The third-order valence-electron chi connectivity index (χ3n) is 4.55. The molecule has 3 rings (SSSR count). The number of nitro benzene ring substituents is 1. The van der Waals surface area contributed by atoms with Crippen molar-refractivity contribution in [2.45, 2.75) is 27.3 Å². The fraction of sp³-hybridized carbons (Fsp3) is 0.200. The fourth-order valence-electron chi connectivity index (χ4n) is 3.04. The summed E-state index contributed by atoms with van der Waals surface area (Å²) in [6.45, 7) is 5.65. The van der Waals surface area contributed by atoms with E-state index in [1.54, 1.807) is 36.7 Å². The van der Waals surface area contributed by atoms with Gasteiger partial charge in [-0.05, 0) is 38.5 Å². The quantitative estimate of drug-likeness (QED) is 0.499. The molecule has 0 saturated carbocycles. The van der Waals surface area contributed by atoms with Crippen LogP contribution in [0.4, 0.5) is 11.4 Å². The maximum atomic E-state index is 12.8. The van der Waals surface area contributed by atoms with Crippen LogP contribution in [0.5, 0.6) is 0 Å². The zero-order valence-corrected chi connectivity index (χ0v) is 16.4. The van der Waals surface area contributed by atoms with Crippen molar-refractivity contribution in [1.82, 2.24) is 9.78 Å². The Hall–Kier alpha value is -3.19. The molecule has 144 valence electrons. The number of hydrogen-bond acceptors (Lipinski definition) is 4. The molecule has 0 aliphatic heterocycles. The number of carbonyl (C=O) groups is 1. The van der Waals surface area contributed by atoms with E-state index in [4.69, 9.17) is 11.6 Å². The normalized spacial score (nSPS) is 10.7. The van der Waals surface area contributed by atoms with Gasteiger partial charge in [-0.25, -0.2) is 0 Å². The number of halogens is 1. The van der Waals surface area contributed by atoms with Crippen molar-refractivity contribution < 1.29 is 9.72 Å². The van der Waals surface area contributed by atoms with Crippen molar-refractivity contribution >= 4 is 28.9 Å². The summed E-state index contributed by atoms with van der Waals surface area (Å²) in [5, 5.41) is 18.9. The number of aromatic nitrogens is 2. The SMILES string of the molecule is Cc1ccc(NC(=O)c2c(C)nn(Cc3ccccc3Cl)c2C)cc1[N+](=O)[O-]. The number of amides is 1. The topological polar surface area (TPSA) is 90.1 Å². The van der Waals surface area contributed by atoms with Gasteiger partial charge in [-0.2, -0.15) is 5.10 Å². The molecule has 1 amide bonds. The standard InChI is InChI=1S/C20H19ClN4O3/c1-12-8-9-16(10-18(12)25(27)28)22-20(26)19-13(2)23-24(14(19)3)11-15-6-4-5-7-17(15)21/h4-10H,11H2,1-3H3,(H,22,26). The number of nitrogens with zero attached hydrogens (tertiary/aromatic N) is 3. The van der Waals surface area contributed by atoms with Gasteiger partial charge in [0, 0.05) is 28.0 Å². The van der Waals surface area contributed by atoms with Crippen LogP contribution in [0.15, 0.2) is 42.5 Å². The molecule has 0 aliphatic carbocycles. The van der Waals surface area contributed by atoms with Gasteiger partial charge in [-0.3, -0.25) is 19.6 Å². The minimum absolute atomic E-state index is 0.0411. The van der Waals surface area contributed by atoms with Gasteiger partial charge in [0.2, 0.25) is 0 Å². The van der Waals surface area contributed by atoms with Crippen LogP contribution in [0, 0.1) is 30.9 Å². The Kier molecular flexibility index (Phi) is 5.46. The maximum Gasteiger partial charge on any atom is 0.274 e. The zero-order valence-electron chi connectivity index (χ0n) is 15.7. The summed E-state index contributed by atoms with van der Waals surface area (Å²) in [6.07, 6.45) is 0. The van der Waals surface area contributed by atoms with E-state index >= 15 is 0 Å². The molecule has 0 spiro atoms. The van der Waals surface area contributed by atoms with Crippen LogP contribution in [0.25, 0.3) is 0 Å². The number of carbonyl (C=O) groups excluding carboxylic acids is 1. The minimum Gasteiger partial charge on any atom is -0.322 e. The fourth-order valence-corrected chi connectivity index (χ4v) is 3.24. The lowest BCUT2D eigenvalue weighted by Crippen LogP contribution is -2.14. The van der Waals surface area contributed by atoms with Gasteiger partial charge in [-0.1, -0.05) is 35.9 Å². The minimum atomic E-state index is -0.469. The van der Waals surface area contributed by atoms with E-state index in [1.807, 2.05) is 25.1 Å². The van der Waals surface area contributed by atoms with Crippen LogP contribution in [-0.2, 0) is 6.54 Å². The molecule has 7 nitrogen and oxygen atoms in total. The van der Waals surface area contributed by atoms with Crippen LogP contribution < -0.4 is 5.32 Å². The maximum absolute atomic E-state index is 12.8. The molecule has 0 aliphatic rings. The second kappa shape index (κ2) is 7.82. The van der Waals surface area contributed by atoms with Crippen molar-refractivity contribution in [1.29, 1.82) is 0 Å².